The second-order valence-electron chi connectivity index (χ2n) is 7.26. The van der Waals surface area contributed by atoms with E-state index in [-0.39, 0.29) is 5.75 Å². The number of hydrogen-bond donors (Lipinski definition) is 1. The summed E-state index contributed by atoms with van der Waals surface area (Å²) < 4.78 is 35.4. The number of benzene rings is 2. The molecular weight excluding hydrogens is 393 g/mol. The first-order chi connectivity index (χ1) is 14.5. The van der Waals surface area contributed by atoms with Gasteiger partial charge in [-0.3, -0.25) is 4.79 Å². The van der Waals surface area contributed by atoms with Crippen molar-refractivity contribution in [3.8, 4) is 17.2 Å². The summed E-state index contributed by atoms with van der Waals surface area (Å²) in [5.41, 5.74) is 0.508. The maximum absolute atomic E-state index is 13.4. The van der Waals surface area contributed by atoms with Gasteiger partial charge < -0.3 is 24.3 Å². The molecule has 0 bridgehead atoms. The standard InChI is InChI=1S/C22H22FNO6/c23-16-6-2-3-7-17(16)27-14-21(26)28-13-20(25)24-15-8-9-18-19(12-15)30-22(29-18)10-4-1-5-11-22/h2-3,6-9,12H,1,4-5,10-11,13-14H2,(H,24,25). The molecule has 8 heteroatoms. The molecule has 0 saturated heterocycles. The lowest BCUT2D eigenvalue weighted by Gasteiger charge is -2.31. The second-order valence-corrected chi connectivity index (χ2v) is 7.26. The van der Waals surface area contributed by atoms with Crippen LogP contribution in [0, 0.1) is 5.82 Å². The van der Waals surface area contributed by atoms with Crippen molar-refractivity contribution in [3.63, 3.8) is 0 Å². The van der Waals surface area contributed by atoms with Crippen molar-refractivity contribution >= 4 is 17.6 Å². The first-order valence-corrected chi connectivity index (χ1v) is 9.88. The Kier molecular flexibility index (Phi) is 5.74. The first kappa shape index (κ1) is 20.0. The molecule has 1 fully saturated rings. The van der Waals surface area contributed by atoms with Gasteiger partial charge in [0.1, 0.15) is 0 Å². The molecule has 0 radical (unpaired) electrons. The van der Waals surface area contributed by atoms with E-state index in [2.05, 4.69) is 5.32 Å². The van der Waals surface area contributed by atoms with Gasteiger partial charge in [0.15, 0.2) is 36.3 Å². The maximum atomic E-state index is 13.4. The fourth-order valence-corrected chi connectivity index (χ4v) is 3.55. The van der Waals surface area contributed by atoms with E-state index < -0.39 is 36.7 Å². The van der Waals surface area contributed by atoms with Crippen LogP contribution >= 0.6 is 0 Å². The van der Waals surface area contributed by atoms with Crippen LogP contribution in [0.25, 0.3) is 0 Å². The quantitative estimate of drug-likeness (QED) is 0.723. The van der Waals surface area contributed by atoms with E-state index in [1.54, 1.807) is 24.3 Å². The number of hydrogen-bond acceptors (Lipinski definition) is 6. The van der Waals surface area contributed by atoms with Gasteiger partial charge in [0.25, 0.3) is 11.7 Å². The number of para-hydroxylation sites is 1. The van der Waals surface area contributed by atoms with Gasteiger partial charge in [-0.1, -0.05) is 18.6 Å². The van der Waals surface area contributed by atoms with Crippen LogP contribution in [0.4, 0.5) is 10.1 Å². The number of nitrogens with one attached hydrogen (secondary N) is 1. The smallest absolute Gasteiger partial charge is 0.344 e. The fraction of sp³-hybridized carbons (Fsp3) is 0.364. The molecule has 1 N–H and O–H groups in total. The van der Waals surface area contributed by atoms with Gasteiger partial charge in [0.05, 0.1) is 0 Å². The van der Waals surface area contributed by atoms with Gasteiger partial charge >= 0.3 is 5.97 Å². The molecule has 2 aromatic rings. The Labute approximate surface area is 173 Å². The number of rotatable bonds is 6. The van der Waals surface area contributed by atoms with Gasteiger partial charge in [-0.15, -0.1) is 0 Å². The monoisotopic (exact) mass is 415 g/mol. The van der Waals surface area contributed by atoms with Crippen LogP contribution in [-0.2, 0) is 14.3 Å². The van der Waals surface area contributed by atoms with Gasteiger partial charge in [-0.25, -0.2) is 9.18 Å². The minimum atomic E-state index is -0.779. The largest absolute Gasteiger partial charge is 0.479 e. The first-order valence-electron chi connectivity index (χ1n) is 9.88. The van der Waals surface area contributed by atoms with Crippen molar-refractivity contribution in [2.45, 2.75) is 37.9 Å². The third kappa shape index (κ3) is 4.64. The lowest BCUT2D eigenvalue weighted by molar-refractivity contribution is -0.149. The molecule has 2 aromatic carbocycles. The number of ether oxygens (including phenoxy) is 4. The predicted octanol–water partition coefficient (Wildman–Crippen LogP) is 3.82. The molecule has 1 aliphatic carbocycles. The number of esters is 1. The summed E-state index contributed by atoms with van der Waals surface area (Å²) in [6.07, 6.45) is 4.98. The molecule has 2 aliphatic rings. The van der Waals surface area contributed by atoms with E-state index in [4.69, 9.17) is 18.9 Å². The molecular formula is C22H22FNO6. The zero-order chi connectivity index (χ0) is 21.0. The molecule has 1 amide bonds. The number of halogens is 1. The molecule has 1 aliphatic heterocycles. The van der Waals surface area contributed by atoms with Crippen LogP contribution in [0.2, 0.25) is 0 Å². The molecule has 30 heavy (non-hydrogen) atoms. The summed E-state index contributed by atoms with van der Waals surface area (Å²) in [5.74, 6) is -1.27. The fourth-order valence-electron chi connectivity index (χ4n) is 3.55. The number of anilines is 1. The Hall–Kier alpha value is -3.29. The number of carbonyl (C=O) groups is 2. The summed E-state index contributed by atoms with van der Waals surface area (Å²) >= 11 is 0. The topological polar surface area (TPSA) is 83.1 Å². The molecule has 1 spiro atoms. The van der Waals surface area contributed by atoms with Gasteiger partial charge in [-0.2, -0.15) is 0 Å². The average Bonchev–Trinajstić information content (AvgIpc) is 3.08. The molecule has 7 nitrogen and oxygen atoms in total. The number of amides is 1. The summed E-state index contributed by atoms with van der Waals surface area (Å²) in [7, 11) is 0. The minimum absolute atomic E-state index is 0.0602. The normalized spacial score (nSPS) is 16.2. The van der Waals surface area contributed by atoms with Gasteiger partial charge in [-0.05, 0) is 37.1 Å². The molecule has 158 valence electrons. The third-order valence-electron chi connectivity index (χ3n) is 4.98. The highest BCUT2D eigenvalue weighted by Gasteiger charge is 2.42. The third-order valence-corrected chi connectivity index (χ3v) is 4.98. The molecule has 1 saturated carbocycles. The summed E-state index contributed by atoms with van der Waals surface area (Å²) in [5, 5.41) is 2.65. The summed E-state index contributed by atoms with van der Waals surface area (Å²) in [6.45, 7) is -0.988. The zero-order valence-electron chi connectivity index (χ0n) is 16.3. The Morgan fingerprint density at radius 1 is 1.00 bits per heavy atom. The Balaban J connectivity index is 1.24. The summed E-state index contributed by atoms with van der Waals surface area (Å²) in [4.78, 5) is 23.8. The highest BCUT2D eigenvalue weighted by Crippen LogP contribution is 2.46. The van der Waals surface area contributed by atoms with Crippen LogP contribution in [0.15, 0.2) is 42.5 Å². The molecule has 4 rings (SSSR count). The zero-order valence-corrected chi connectivity index (χ0v) is 16.3. The molecule has 1 heterocycles. The highest BCUT2D eigenvalue weighted by molar-refractivity contribution is 5.93. The van der Waals surface area contributed by atoms with E-state index in [0.717, 1.165) is 25.7 Å². The SMILES string of the molecule is O=C(COC(=O)COc1ccccc1F)Nc1ccc2c(c1)OC1(CCCCC1)O2. The lowest BCUT2D eigenvalue weighted by atomic mass is 9.94. The van der Waals surface area contributed by atoms with Crippen molar-refractivity contribution in [1.29, 1.82) is 0 Å². The lowest BCUT2D eigenvalue weighted by Crippen LogP contribution is -2.40. The molecule has 0 unspecified atom stereocenters. The average molecular weight is 415 g/mol. The second kappa shape index (κ2) is 8.61. The van der Waals surface area contributed by atoms with Crippen LogP contribution in [0.3, 0.4) is 0 Å². The van der Waals surface area contributed by atoms with Crippen molar-refractivity contribution in [1.82, 2.24) is 0 Å². The van der Waals surface area contributed by atoms with Crippen molar-refractivity contribution in [2.24, 2.45) is 0 Å². The van der Waals surface area contributed by atoms with E-state index in [1.807, 2.05) is 0 Å². The van der Waals surface area contributed by atoms with Crippen molar-refractivity contribution < 1.29 is 32.9 Å². The van der Waals surface area contributed by atoms with Crippen LogP contribution in [-0.4, -0.2) is 30.9 Å². The van der Waals surface area contributed by atoms with Crippen molar-refractivity contribution in [2.75, 3.05) is 18.5 Å². The minimum Gasteiger partial charge on any atom is -0.479 e. The van der Waals surface area contributed by atoms with E-state index in [9.17, 15) is 14.0 Å². The predicted molar refractivity (Wildman–Crippen MR) is 105 cm³/mol. The number of carbonyl (C=O) groups excluding carboxylic acids is 2. The summed E-state index contributed by atoms with van der Waals surface area (Å²) in [6, 6.07) is 10.9. The van der Waals surface area contributed by atoms with E-state index in [1.165, 1.54) is 24.6 Å². The maximum Gasteiger partial charge on any atom is 0.344 e. The number of fused-ring (bicyclic) bond motifs is 1. The van der Waals surface area contributed by atoms with E-state index >= 15 is 0 Å². The Morgan fingerprint density at radius 3 is 2.57 bits per heavy atom. The Morgan fingerprint density at radius 2 is 1.77 bits per heavy atom. The highest BCUT2D eigenvalue weighted by atomic mass is 19.1. The van der Waals surface area contributed by atoms with Crippen LogP contribution in [0.1, 0.15) is 32.1 Å². The van der Waals surface area contributed by atoms with Crippen molar-refractivity contribution in [3.05, 3.63) is 48.3 Å². The van der Waals surface area contributed by atoms with Gasteiger partial charge in [0.2, 0.25) is 0 Å². The van der Waals surface area contributed by atoms with Crippen LogP contribution < -0.4 is 19.5 Å². The van der Waals surface area contributed by atoms with Gasteiger partial charge in [0, 0.05) is 24.6 Å². The van der Waals surface area contributed by atoms with Crippen LogP contribution in [0.5, 0.6) is 17.2 Å². The van der Waals surface area contributed by atoms with E-state index in [0.29, 0.717) is 17.2 Å². The molecule has 0 atom stereocenters. The molecule has 0 aromatic heterocycles. The Bertz CT molecular complexity index is 941.